The molecule has 5 heteroatoms. The molecular weight excluding hydrogens is 232 g/mol. The average molecular weight is 256 g/mol. The molecule has 0 aromatic carbocycles. The molecule has 3 N–H and O–H groups in total. The number of carboxylic acid groups (broad SMARTS) is 1. The second kappa shape index (κ2) is 6.18. The zero-order chi connectivity index (χ0) is 13.8. The maximum Gasteiger partial charge on any atom is 0.326 e. The standard InChI is InChI=1S/C13H24N2O3/c1-4-9(2)10(11(16)17)15-12(18)13(3)6-5-7-14-8-13/h9-10,14H,4-8H2,1-3H3,(H,15,18)(H,16,17)/t9-,10-,13?/m0/s1. The summed E-state index contributed by atoms with van der Waals surface area (Å²) in [6.07, 6.45) is 2.48. The van der Waals surface area contributed by atoms with Gasteiger partial charge < -0.3 is 15.7 Å². The van der Waals surface area contributed by atoms with Gasteiger partial charge in [-0.15, -0.1) is 0 Å². The van der Waals surface area contributed by atoms with Crippen LogP contribution in [0.2, 0.25) is 0 Å². The van der Waals surface area contributed by atoms with Crippen LogP contribution in [0.4, 0.5) is 0 Å². The maximum absolute atomic E-state index is 12.2. The summed E-state index contributed by atoms with van der Waals surface area (Å²) >= 11 is 0. The van der Waals surface area contributed by atoms with Gasteiger partial charge in [0.05, 0.1) is 5.41 Å². The smallest absolute Gasteiger partial charge is 0.326 e. The summed E-state index contributed by atoms with van der Waals surface area (Å²) in [5, 5.41) is 15.1. The maximum atomic E-state index is 12.2. The Morgan fingerprint density at radius 1 is 1.50 bits per heavy atom. The number of carbonyl (C=O) groups excluding carboxylic acids is 1. The van der Waals surface area contributed by atoms with Crippen LogP contribution >= 0.6 is 0 Å². The molecule has 1 heterocycles. The molecule has 0 aromatic rings. The van der Waals surface area contributed by atoms with Crippen molar-refractivity contribution in [3.05, 3.63) is 0 Å². The third-order valence-electron chi connectivity index (χ3n) is 3.91. The van der Waals surface area contributed by atoms with Gasteiger partial charge in [-0.3, -0.25) is 4.79 Å². The van der Waals surface area contributed by atoms with Crippen LogP contribution < -0.4 is 10.6 Å². The first-order valence-electron chi connectivity index (χ1n) is 6.65. The van der Waals surface area contributed by atoms with Gasteiger partial charge in [0, 0.05) is 6.54 Å². The van der Waals surface area contributed by atoms with Gasteiger partial charge >= 0.3 is 5.97 Å². The second-order valence-corrected chi connectivity index (χ2v) is 5.52. The van der Waals surface area contributed by atoms with Crippen molar-refractivity contribution in [1.82, 2.24) is 10.6 Å². The minimum Gasteiger partial charge on any atom is -0.480 e. The molecule has 1 aliphatic rings. The Labute approximate surface area is 108 Å². The molecule has 1 unspecified atom stereocenters. The van der Waals surface area contributed by atoms with Crippen molar-refractivity contribution < 1.29 is 14.7 Å². The molecular formula is C13H24N2O3. The Bertz CT molecular complexity index is 311. The Morgan fingerprint density at radius 2 is 2.17 bits per heavy atom. The average Bonchev–Trinajstić information content (AvgIpc) is 2.35. The fourth-order valence-corrected chi connectivity index (χ4v) is 2.25. The van der Waals surface area contributed by atoms with Crippen molar-refractivity contribution in [2.45, 2.75) is 46.1 Å². The van der Waals surface area contributed by atoms with Gasteiger partial charge in [0.1, 0.15) is 6.04 Å². The zero-order valence-corrected chi connectivity index (χ0v) is 11.5. The van der Waals surface area contributed by atoms with E-state index in [1.165, 1.54) is 0 Å². The highest BCUT2D eigenvalue weighted by Crippen LogP contribution is 2.26. The predicted octanol–water partition coefficient (Wildman–Crippen LogP) is 0.992. The molecule has 0 aromatic heterocycles. The summed E-state index contributed by atoms with van der Waals surface area (Å²) < 4.78 is 0. The van der Waals surface area contributed by atoms with E-state index >= 15 is 0 Å². The molecule has 1 amide bonds. The van der Waals surface area contributed by atoms with Gasteiger partial charge in [-0.05, 0) is 32.2 Å². The minimum atomic E-state index is -0.954. The molecule has 1 fully saturated rings. The lowest BCUT2D eigenvalue weighted by molar-refractivity contribution is -0.145. The number of rotatable bonds is 5. The van der Waals surface area contributed by atoms with Crippen LogP contribution in [-0.2, 0) is 9.59 Å². The first-order valence-corrected chi connectivity index (χ1v) is 6.65. The molecule has 0 saturated carbocycles. The number of hydrogen-bond acceptors (Lipinski definition) is 3. The van der Waals surface area contributed by atoms with Crippen LogP contribution in [0.3, 0.4) is 0 Å². The highest BCUT2D eigenvalue weighted by atomic mass is 16.4. The Balaban J connectivity index is 2.68. The van der Waals surface area contributed by atoms with Crippen LogP contribution in [0.15, 0.2) is 0 Å². The van der Waals surface area contributed by atoms with Crippen molar-refractivity contribution in [1.29, 1.82) is 0 Å². The summed E-state index contributed by atoms with van der Waals surface area (Å²) in [4.78, 5) is 23.4. The lowest BCUT2D eigenvalue weighted by atomic mass is 9.81. The van der Waals surface area contributed by atoms with E-state index in [0.29, 0.717) is 6.54 Å². The van der Waals surface area contributed by atoms with Crippen molar-refractivity contribution in [2.24, 2.45) is 11.3 Å². The Hall–Kier alpha value is -1.10. The van der Waals surface area contributed by atoms with Crippen molar-refractivity contribution in [3.63, 3.8) is 0 Å². The predicted molar refractivity (Wildman–Crippen MR) is 69.2 cm³/mol. The van der Waals surface area contributed by atoms with Crippen LogP contribution in [0.1, 0.15) is 40.0 Å². The van der Waals surface area contributed by atoms with E-state index in [2.05, 4.69) is 10.6 Å². The van der Waals surface area contributed by atoms with Crippen LogP contribution in [0, 0.1) is 11.3 Å². The Morgan fingerprint density at radius 3 is 2.61 bits per heavy atom. The van der Waals surface area contributed by atoms with Crippen LogP contribution in [-0.4, -0.2) is 36.1 Å². The number of hydrogen-bond donors (Lipinski definition) is 3. The van der Waals surface area contributed by atoms with E-state index in [9.17, 15) is 14.7 Å². The number of nitrogens with one attached hydrogen (secondary N) is 2. The lowest BCUT2D eigenvalue weighted by Crippen LogP contribution is -2.54. The molecule has 18 heavy (non-hydrogen) atoms. The van der Waals surface area contributed by atoms with E-state index in [1.807, 2.05) is 20.8 Å². The second-order valence-electron chi connectivity index (χ2n) is 5.52. The minimum absolute atomic E-state index is 0.0633. The van der Waals surface area contributed by atoms with Gasteiger partial charge in [-0.2, -0.15) is 0 Å². The largest absolute Gasteiger partial charge is 0.480 e. The quantitative estimate of drug-likeness (QED) is 0.685. The molecule has 0 aliphatic carbocycles. The molecule has 5 nitrogen and oxygen atoms in total. The first kappa shape index (κ1) is 15.0. The van der Waals surface area contributed by atoms with Crippen molar-refractivity contribution in [2.75, 3.05) is 13.1 Å². The van der Waals surface area contributed by atoms with Gasteiger partial charge in [-0.25, -0.2) is 4.79 Å². The first-order chi connectivity index (χ1) is 8.40. The van der Waals surface area contributed by atoms with E-state index < -0.39 is 17.4 Å². The molecule has 1 aliphatic heterocycles. The van der Waals surface area contributed by atoms with Crippen molar-refractivity contribution in [3.8, 4) is 0 Å². The van der Waals surface area contributed by atoms with Gasteiger partial charge in [0.2, 0.25) is 5.91 Å². The fourth-order valence-electron chi connectivity index (χ4n) is 2.25. The summed E-state index contributed by atoms with van der Waals surface area (Å²) in [6, 6.07) is -0.791. The number of carboxylic acids is 1. The number of amides is 1. The number of carbonyl (C=O) groups is 2. The van der Waals surface area contributed by atoms with E-state index in [1.54, 1.807) is 0 Å². The molecule has 104 valence electrons. The summed E-state index contributed by atoms with van der Waals surface area (Å²) in [6.45, 7) is 7.21. The van der Waals surface area contributed by atoms with E-state index in [0.717, 1.165) is 25.8 Å². The molecule has 0 radical (unpaired) electrons. The van der Waals surface area contributed by atoms with Gasteiger partial charge in [0.15, 0.2) is 0 Å². The summed E-state index contributed by atoms with van der Waals surface area (Å²) in [7, 11) is 0. The molecule has 0 spiro atoms. The molecule has 0 bridgehead atoms. The van der Waals surface area contributed by atoms with Crippen LogP contribution in [0.5, 0.6) is 0 Å². The third kappa shape index (κ3) is 3.45. The van der Waals surface area contributed by atoms with Crippen molar-refractivity contribution >= 4 is 11.9 Å². The zero-order valence-electron chi connectivity index (χ0n) is 11.5. The highest BCUT2D eigenvalue weighted by molar-refractivity contribution is 5.87. The highest BCUT2D eigenvalue weighted by Gasteiger charge is 2.37. The summed E-state index contributed by atoms with van der Waals surface area (Å²) in [5.41, 5.74) is -0.487. The SMILES string of the molecule is CC[C@H](C)[C@H](NC(=O)C1(C)CCCNC1)C(=O)O. The topological polar surface area (TPSA) is 78.4 Å². The Kier molecular flexibility index (Phi) is 5.14. The number of aliphatic carboxylic acids is 1. The lowest BCUT2D eigenvalue weighted by Gasteiger charge is -2.34. The molecule has 1 rings (SSSR count). The molecule has 3 atom stereocenters. The van der Waals surface area contributed by atoms with Gasteiger partial charge in [-0.1, -0.05) is 20.3 Å². The normalized spacial score (nSPS) is 27.3. The third-order valence-corrected chi connectivity index (χ3v) is 3.91. The van der Waals surface area contributed by atoms with E-state index in [-0.39, 0.29) is 11.8 Å². The van der Waals surface area contributed by atoms with Crippen LogP contribution in [0.25, 0.3) is 0 Å². The van der Waals surface area contributed by atoms with Gasteiger partial charge in [0.25, 0.3) is 0 Å². The number of piperidine rings is 1. The fraction of sp³-hybridized carbons (Fsp3) is 0.846. The monoisotopic (exact) mass is 256 g/mol. The summed E-state index contributed by atoms with van der Waals surface area (Å²) in [5.74, 6) is -1.17. The molecule has 1 saturated heterocycles. The van der Waals surface area contributed by atoms with E-state index in [4.69, 9.17) is 0 Å².